The minimum atomic E-state index is -1.23. The maximum absolute atomic E-state index is 10.6. The van der Waals surface area contributed by atoms with Gasteiger partial charge in [-0.2, -0.15) is 0 Å². The molecule has 0 aromatic carbocycles. The normalized spacial score (nSPS) is 17.6. The fourth-order valence-corrected chi connectivity index (χ4v) is 2.45. The van der Waals surface area contributed by atoms with E-state index in [2.05, 4.69) is 0 Å². The summed E-state index contributed by atoms with van der Waals surface area (Å²) in [6.07, 6.45) is 7.28. The van der Waals surface area contributed by atoms with E-state index in [-0.39, 0.29) is 36.2 Å². The van der Waals surface area contributed by atoms with Crippen molar-refractivity contribution in [2.24, 2.45) is 0 Å². The average Bonchev–Trinajstić information content (AvgIpc) is 2.13. The first kappa shape index (κ1) is 17.4. The van der Waals surface area contributed by atoms with Crippen molar-refractivity contribution in [3.05, 3.63) is 0 Å². The van der Waals surface area contributed by atoms with Gasteiger partial charge in [0.05, 0.1) is 11.9 Å². The predicted molar refractivity (Wildman–Crippen MR) is 57.7 cm³/mol. The number of rotatable bonds is 5. The minimum Gasteiger partial charge on any atom is -0.549 e. The molecule has 1 rings (SSSR count). The number of carboxylic acid groups (broad SMARTS) is 2. The summed E-state index contributed by atoms with van der Waals surface area (Å²) in [7, 11) is 0. The monoisotopic (exact) mass is 304 g/mol. The van der Waals surface area contributed by atoms with Crippen LogP contribution in [0.1, 0.15) is 44.9 Å². The standard InChI is InChI=1S/C12H21NO4.Cu/c14-11(15)8-13(9-12(16)17)10-6-4-2-1-3-5-7-10;/h10H,1-9H2,(H,14,15)(H,16,17);/q;+2/p-2. The van der Waals surface area contributed by atoms with Gasteiger partial charge in [0.1, 0.15) is 0 Å². The predicted octanol–water partition coefficient (Wildman–Crippen LogP) is -1.10. The quantitative estimate of drug-likeness (QED) is 0.602. The Morgan fingerprint density at radius 1 is 0.889 bits per heavy atom. The van der Waals surface area contributed by atoms with Gasteiger partial charge in [-0.05, 0) is 12.8 Å². The summed E-state index contributed by atoms with van der Waals surface area (Å²) in [6.45, 7) is -0.642. The Hall–Kier alpha value is -0.581. The van der Waals surface area contributed by atoms with Crippen molar-refractivity contribution in [1.82, 2.24) is 4.90 Å². The molecule has 0 atom stereocenters. The fraction of sp³-hybridized carbons (Fsp3) is 0.833. The van der Waals surface area contributed by atoms with Crippen LogP contribution in [0, 0.1) is 0 Å². The van der Waals surface area contributed by atoms with Crippen molar-refractivity contribution in [3.8, 4) is 0 Å². The molecule has 0 aromatic rings. The summed E-state index contributed by atoms with van der Waals surface area (Å²) in [5, 5.41) is 21.2. The van der Waals surface area contributed by atoms with Gasteiger partial charge >= 0.3 is 17.1 Å². The Labute approximate surface area is 118 Å². The molecular weight excluding hydrogens is 286 g/mol. The van der Waals surface area contributed by atoms with Crippen LogP contribution in [0.2, 0.25) is 0 Å². The Balaban J connectivity index is 0.00000289. The van der Waals surface area contributed by atoms with E-state index in [1.165, 1.54) is 11.3 Å². The van der Waals surface area contributed by atoms with Crippen molar-refractivity contribution in [1.29, 1.82) is 0 Å². The van der Waals surface area contributed by atoms with Gasteiger partial charge in [-0.25, -0.2) is 0 Å². The number of carbonyl (C=O) groups is 2. The van der Waals surface area contributed by atoms with Gasteiger partial charge in [0.25, 0.3) is 0 Å². The number of hydrogen-bond donors (Lipinski definition) is 0. The minimum absolute atomic E-state index is 0. The van der Waals surface area contributed by atoms with Crippen molar-refractivity contribution < 1.29 is 36.9 Å². The number of hydrogen-bond acceptors (Lipinski definition) is 5. The Kier molecular flexibility index (Phi) is 9.06. The second kappa shape index (κ2) is 9.36. The van der Waals surface area contributed by atoms with Crippen LogP contribution in [0.15, 0.2) is 0 Å². The topological polar surface area (TPSA) is 83.5 Å². The Morgan fingerprint density at radius 3 is 1.67 bits per heavy atom. The summed E-state index contributed by atoms with van der Waals surface area (Å²) in [5.41, 5.74) is 0. The molecule has 0 bridgehead atoms. The molecule has 1 radical (unpaired) electrons. The third kappa shape index (κ3) is 6.99. The van der Waals surface area contributed by atoms with E-state index in [4.69, 9.17) is 0 Å². The SMILES string of the molecule is O=C([O-])CN(CC(=O)[O-])C1CCCCCCC1.[Cu+2]. The second-order valence-electron chi connectivity index (χ2n) is 4.65. The van der Waals surface area contributed by atoms with Crippen LogP contribution >= 0.6 is 0 Å². The number of carboxylic acids is 2. The fourth-order valence-electron chi connectivity index (χ4n) is 2.45. The molecule has 18 heavy (non-hydrogen) atoms. The molecule has 1 saturated carbocycles. The van der Waals surface area contributed by atoms with Crippen LogP contribution in [-0.2, 0) is 26.7 Å². The first-order valence-corrected chi connectivity index (χ1v) is 6.23. The van der Waals surface area contributed by atoms with Gasteiger partial charge in [-0.1, -0.05) is 32.1 Å². The zero-order valence-corrected chi connectivity index (χ0v) is 11.3. The molecular formula is C12H19CuNO4. The smallest absolute Gasteiger partial charge is 0.549 e. The molecule has 107 valence electrons. The molecule has 0 heterocycles. The van der Waals surface area contributed by atoms with E-state index in [0.717, 1.165) is 38.5 Å². The van der Waals surface area contributed by atoms with Gasteiger partial charge < -0.3 is 19.8 Å². The molecule has 5 nitrogen and oxygen atoms in total. The molecule has 0 spiro atoms. The van der Waals surface area contributed by atoms with Crippen LogP contribution in [0.4, 0.5) is 0 Å². The molecule has 0 saturated heterocycles. The molecule has 1 aliphatic carbocycles. The van der Waals surface area contributed by atoms with Crippen LogP contribution in [0.3, 0.4) is 0 Å². The summed E-state index contributed by atoms with van der Waals surface area (Å²) in [4.78, 5) is 22.7. The van der Waals surface area contributed by atoms with E-state index < -0.39 is 11.9 Å². The van der Waals surface area contributed by atoms with Crippen LogP contribution in [0.5, 0.6) is 0 Å². The number of aliphatic carboxylic acids is 2. The molecule has 0 amide bonds. The van der Waals surface area contributed by atoms with E-state index in [9.17, 15) is 19.8 Å². The zero-order chi connectivity index (χ0) is 12.7. The van der Waals surface area contributed by atoms with E-state index in [1.54, 1.807) is 0 Å². The average molecular weight is 305 g/mol. The summed E-state index contributed by atoms with van der Waals surface area (Å²) in [6, 6.07) is 0.0334. The van der Waals surface area contributed by atoms with E-state index in [0.29, 0.717) is 0 Å². The zero-order valence-electron chi connectivity index (χ0n) is 10.3. The van der Waals surface area contributed by atoms with Crippen LogP contribution in [0.25, 0.3) is 0 Å². The van der Waals surface area contributed by atoms with Gasteiger partial charge in [-0.15, -0.1) is 0 Å². The summed E-state index contributed by atoms with van der Waals surface area (Å²) < 4.78 is 0. The van der Waals surface area contributed by atoms with Gasteiger partial charge in [0.15, 0.2) is 0 Å². The van der Waals surface area contributed by atoms with Crippen molar-refractivity contribution in [2.75, 3.05) is 13.1 Å². The second-order valence-corrected chi connectivity index (χ2v) is 4.65. The molecule has 0 N–H and O–H groups in total. The van der Waals surface area contributed by atoms with Gasteiger partial charge in [0.2, 0.25) is 0 Å². The number of carbonyl (C=O) groups excluding carboxylic acids is 2. The van der Waals surface area contributed by atoms with Gasteiger partial charge in [-0.3, -0.25) is 4.90 Å². The Bertz CT molecular complexity index is 249. The molecule has 0 unspecified atom stereocenters. The van der Waals surface area contributed by atoms with Crippen molar-refractivity contribution >= 4 is 11.9 Å². The third-order valence-electron chi connectivity index (χ3n) is 3.26. The molecule has 0 aliphatic heterocycles. The first-order valence-electron chi connectivity index (χ1n) is 6.23. The van der Waals surface area contributed by atoms with Crippen LogP contribution < -0.4 is 10.2 Å². The molecule has 0 aromatic heterocycles. The Morgan fingerprint density at radius 2 is 1.28 bits per heavy atom. The largest absolute Gasteiger partial charge is 2.00 e. The van der Waals surface area contributed by atoms with Crippen molar-refractivity contribution in [2.45, 2.75) is 51.0 Å². The summed E-state index contributed by atoms with van der Waals surface area (Å²) >= 11 is 0. The maximum atomic E-state index is 10.6. The first-order chi connectivity index (χ1) is 8.09. The van der Waals surface area contributed by atoms with Crippen LogP contribution in [-0.4, -0.2) is 36.0 Å². The van der Waals surface area contributed by atoms with Crippen molar-refractivity contribution in [3.63, 3.8) is 0 Å². The molecule has 6 heteroatoms. The molecule has 1 fully saturated rings. The third-order valence-corrected chi connectivity index (χ3v) is 3.26. The van der Waals surface area contributed by atoms with Gasteiger partial charge in [0, 0.05) is 19.1 Å². The van der Waals surface area contributed by atoms with E-state index in [1.807, 2.05) is 0 Å². The summed E-state index contributed by atoms with van der Waals surface area (Å²) in [5.74, 6) is -2.46. The molecule has 1 aliphatic rings. The maximum Gasteiger partial charge on any atom is 2.00 e. The number of nitrogens with zero attached hydrogens (tertiary/aromatic N) is 1. The van der Waals surface area contributed by atoms with E-state index >= 15 is 0 Å².